The minimum Gasteiger partial charge on any atom is -0.394 e. The zero-order chi connectivity index (χ0) is 9.68. The molecule has 1 saturated heterocycles. The van der Waals surface area contributed by atoms with Crippen LogP contribution in [0.1, 0.15) is 6.42 Å². The zero-order valence-corrected chi connectivity index (χ0v) is 8.16. The molecule has 0 spiro atoms. The molecule has 0 saturated carbocycles. The highest BCUT2D eigenvalue weighted by molar-refractivity contribution is 6.22. The summed E-state index contributed by atoms with van der Waals surface area (Å²) < 4.78 is 5.04. The predicted molar refractivity (Wildman–Crippen MR) is 48.7 cm³/mol. The molecule has 1 aliphatic rings. The molecule has 0 bridgehead atoms. The number of ether oxygens (including phenoxy) is 1. The summed E-state index contributed by atoms with van der Waals surface area (Å²) in [7, 11) is 0. The van der Waals surface area contributed by atoms with Gasteiger partial charge in [0.2, 0.25) is 5.91 Å². The number of aliphatic hydroxyl groups excluding tert-OH is 1. The number of halogens is 1. The highest BCUT2D eigenvalue weighted by Gasteiger charge is 2.27. The first kappa shape index (κ1) is 10.8. The topological polar surface area (TPSA) is 49.8 Å². The summed E-state index contributed by atoms with van der Waals surface area (Å²) in [6.45, 7) is 2.00. The van der Waals surface area contributed by atoms with Crippen LogP contribution in [-0.4, -0.2) is 54.2 Å². The van der Waals surface area contributed by atoms with E-state index in [1.165, 1.54) is 0 Å². The van der Waals surface area contributed by atoms with E-state index in [1.807, 2.05) is 0 Å². The highest BCUT2D eigenvalue weighted by atomic mass is 35.5. The van der Waals surface area contributed by atoms with Gasteiger partial charge in [0, 0.05) is 19.5 Å². The maximum atomic E-state index is 11.2. The number of likely N-dealkylation sites (tertiary alicyclic amines) is 1. The average molecular weight is 208 g/mol. The van der Waals surface area contributed by atoms with Crippen molar-refractivity contribution in [3.8, 4) is 0 Å². The van der Waals surface area contributed by atoms with E-state index in [0.717, 1.165) is 0 Å². The van der Waals surface area contributed by atoms with Gasteiger partial charge in [0.25, 0.3) is 0 Å². The van der Waals surface area contributed by atoms with Gasteiger partial charge < -0.3 is 14.7 Å². The Morgan fingerprint density at radius 1 is 1.62 bits per heavy atom. The third-order valence-corrected chi connectivity index (χ3v) is 2.20. The Morgan fingerprint density at radius 3 is 2.92 bits per heavy atom. The van der Waals surface area contributed by atoms with E-state index in [-0.39, 0.29) is 17.9 Å². The molecule has 1 aliphatic heterocycles. The lowest BCUT2D eigenvalue weighted by molar-refractivity contribution is -0.128. The summed E-state index contributed by atoms with van der Waals surface area (Å²) >= 11 is 5.80. The molecule has 1 rings (SSSR count). The molecule has 0 aromatic heterocycles. The molecule has 1 heterocycles. The van der Waals surface area contributed by atoms with Crippen LogP contribution in [0.25, 0.3) is 0 Å². The van der Waals surface area contributed by atoms with Crippen molar-refractivity contribution in [2.75, 3.05) is 32.9 Å². The number of alkyl halides is 1. The Bertz CT molecular complexity index is 177. The van der Waals surface area contributed by atoms with Crippen molar-refractivity contribution in [2.24, 2.45) is 0 Å². The van der Waals surface area contributed by atoms with Gasteiger partial charge in [0.15, 0.2) is 0 Å². The molecule has 1 atom stereocenters. The van der Waals surface area contributed by atoms with Crippen LogP contribution >= 0.6 is 11.6 Å². The summed E-state index contributed by atoms with van der Waals surface area (Å²) in [5.74, 6) is 0.0904. The third-order valence-electron chi connectivity index (χ3n) is 1.91. The molecular formula is C8H14ClNO3. The Balaban J connectivity index is 2.11. The number of rotatable bonds is 5. The van der Waals surface area contributed by atoms with Gasteiger partial charge in [-0.3, -0.25) is 4.79 Å². The van der Waals surface area contributed by atoms with Crippen molar-refractivity contribution >= 4 is 17.5 Å². The lowest BCUT2D eigenvalue weighted by Gasteiger charge is -2.14. The lowest BCUT2D eigenvalue weighted by atomic mass is 10.4. The summed E-state index contributed by atoms with van der Waals surface area (Å²) in [4.78, 5) is 12.9. The smallest absolute Gasteiger partial charge is 0.224 e. The van der Waals surface area contributed by atoms with E-state index >= 15 is 0 Å². The van der Waals surface area contributed by atoms with Crippen molar-refractivity contribution in [2.45, 2.75) is 11.8 Å². The first-order valence-corrected chi connectivity index (χ1v) is 4.78. The molecule has 13 heavy (non-hydrogen) atoms. The molecule has 0 aromatic rings. The monoisotopic (exact) mass is 207 g/mol. The van der Waals surface area contributed by atoms with Crippen LogP contribution in [0.4, 0.5) is 0 Å². The van der Waals surface area contributed by atoms with Crippen LogP contribution in [0.2, 0.25) is 0 Å². The molecule has 0 aliphatic carbocycles. The molecule has 0 aromatic carbocycles. The molecule has 76 valence electrons. The van der Waals surface area contributed by atoms with Gasteiger partial charge in [-0.25, -0.2) is 0 Å². The molecule has 1 fully saturated rings. The van der Waals surface area contributed by atoms with Gasteiger partial charge in [0.1, 0.15) is 0 Å². The Kier molecular flexibility index (Phi) is 4.48. The van der Waals surface area contributed by atoms with Crippen LogP contribution in [0.15, 0.2) is 0 Å². The number of carbonyl (C=O) groups is 1. The standard InChI is InChI=1S/C8H14ClNO3/c9-7-5-8(12)10(6-7)1-3-13-4-2-11/h7,11H,1-6H2. The second-order valence-corrected chi connectivity index (χ2v) is 3.59. The number of carbonyl (C=O) groups excluding carboxylic acids is 1. The molecule has 0 radical (unpaired) electrons. The molecule has 1 N–H and O–H groups in total. The Hall–Kier alpha value is -0.320. The number of hydrogen-bond acceptors (Lipinski definition) is 3. The van der Waals surface area contributed by atoms with E-state index in [9.17, 15) is 4.79 Å². The van der Waals surface area contributed by atoms with E-state index in [4.69, 9.17) is 21.4 Å². The summed E-state index contributed by atoms with van der Waals surface area (Å²) in [6.07, 6.45) is 0.432. The minimum atomic E-state index is -0.0506. The number of aliphatic hydroxyl groups is 1. The normalized spacial score (nSPS) is 22.8. The van der Waals surface area contributed by atoms with Gasteiger partial charge in [-0.05, 0) is 0 Å². The molecule has 4 nitrogen and oxygen atoms in total. The number of amides is 1. The van der Waals surface area contributed by atoms with Crippen molar-refractivity contribution in [1.82, 2.24) is 4.90 Å². The van der Waals surface area contributed by atoms with Crippen molar-refractivity contribution < 1.29 is 14.6 Å². The Morgan fingerprint density at radius 2 is 2.38 bits per heavy atom. The van der Waals surface area contributed by atoms with Crippen LogP contribution in [-0.2, 0) is 9.53 Å². The fourth-order valence-electron chi connectivity index (χ4n) is 1.28. The van der Waals surface area contributed by atoms with Gasteiger partial charge in [-0.15, -0.1) is 11.6 Å². The largest absolute Gasteiger partial charge is 0.394 e. The van der Waals surface area contributed by atoms with E-state index in [2.05, 4.69) is 0 Å². The Labute approximate surface area is 82.4 Å². The van der Waals surface area contributed by atoms with E-state index < -0.39 is 0 Å². The quantitative estimate of drug-likeness (QED) is 0.503. The zero-order valence-electron chi connectivity index (χ0n) is 7.41. The van der Waals surface area contributed by atoms with Crippen LogP contribution in [0.3, 0.4) is 0 Å². The summed E-state index contributed by atoms with van der Waals surface area (Å²) in [5, 5.41) is 8.38. The number of hydrogen-bond donors (Lipinski definition) is 1. The van der Waals surface area contributed by atoms with Crippen LogP contribution in [0.5, 0.6) is 0 Å². The fraction of sp³-hybridized carbons (Fsp3) is 0.875. The third kappa shape index (κ3) is 3.50. The first-order chi connectivity index (χ1) is 6.24. The fourth-order valence-corrected chi connectivity index (χ4v) is 1.58. The minimum absolute atomic E-state index is 0.0199. The maximum Gasteiger partial charge on any atom is 0.224 e. The van der Waals surface area contributed by atoms with Gasteiger partial charge in [-0.2, -0.15) is 0 Å². The molecular weight excluding hydrogens is 194 g/mol. The second-order valence-electron chi connectivity index (χ2n) is 2.98. The number of nitrogens with zero attached hydrogens (tertiary/aromatic N) is 1. The molecule has 1 amide bonds. The van der Waals surface area contributed by atoms with Gasteiger partial charge in [0.05, 0.1) is 25.2 Å². The SMILES string of the molecule is O=C1CC(Cl)CN1CCOCCO. The molecule has 5 heteroatoms. The van der Waals surface area contributed by atoms with Gasteiger partial charge in [-0.1, -0.05) is 0 Å². The second kappa shape index (κ2) is 5.42. The van der Waals surface area contributed by atoms with Crippen LogP contribution < -0.4 is 0 Å². The maximum absolute atomic E-state index is 11.2. The highest BCUT2D eigenvalue weighted by Crippen LogP contribution is 2.15. The van der Waals surface area contributed by atoms with Gasteiger partial charge >= 0.3 is 0 Å². The first-order valence-electron chi connectivity index (χ1n) is 4.34. The summed E-state index contributed by atoms with van der Waals surface area (Å²) in [6, 6.07) is 0. The van der Waals surface area contributed by atoms with Crippen molar-refractivity contribution in [3.63, 3.8) is 0 Å². The van der Waals surface area contributed by atoms with E-state index in [0.29, 0.717) is 32.7 Å². The predicted octanol–water partition coefficient (Wildman–Crippen LogP) is -0.165. The van der Waals surface area contributed by atoms with Crippen molar-refractivity contribution in [1.29, 1.82) is 0 Å². The average Bonchev–Trinajstić information content (AvgIpc) is 2.39. The van der Waals surface area contributed by atoms with E-state index in [1.54, 1.807) is 4.90 Å². The van der Waals surface area contributed by atoms with Crippen LogP contribution in [0, 0.1) is 0 Å². The summed E-state index contributed by atoms with van der Waals surface area (Å²) in [5.41, 5.74) is 0. The van der Waals surface area contributed by atoms with Crippen molar-refractivity contribution in [3.05, 3.63) is 0 Å². The molecule has 1 unspecified atom stereocenters. The lowest BCUT2D eigenvalue weighted by Crippen LogP contribution is -2.29.